The molecule has 106 valence electrons. The Morgan fingerprint density at radius 2 is 1.84 bits per heavy atom. The molecular weight excluding hydrogens is 297 g/mol. The average Bonchev–Trinajstić information content (AvgIpc) is 2.56. The lowest BCUT2D eigenvalue weighted by Crippen LogP contribution is -2.34. The van der Waals surface area contributed by atoms with Gasteiger partial charge in [0.25, 0.3) is 0 Å². The van der Waals surface area contributed by atoms with Crippen LogP contribution in [0.25, 0.3) is 0 Å². The molecule has 0 bridgehead atoms. The molecule has 1 aliphatic carbocycles. The molecule has 0 radical (unpaired) electrons. The van der Waals surface area contributed by atoms with Crippen LogP contribution in [0.15, 0.2) is 23.1 Å². The summed E-state index contributed by atoms with van der Waals surface area (Å²) in [4.78, 5) is -0.507. The highest BCUT2D eigenvalue weighted by Gasteiger charge is 2.34. The van der Waals surface area contributed by atoms with Crippen LogP contribution in [0.3, 0.4) is 0 Å². The highest BCUT2D eigenvalue weighted by molar-refractivity contribution is 7.89. The fourth-order valence-corrected chi connectivity index (χ4v) is 3.55. The number of benzene rings is 1. The number of aliphatic hydroxyl groups excluding tert-OH is 2. The van der Waals surface area contributed by atoms with Gasteiger partial charge in [0, 0.05) is 11.1 Å². The van der Waals surface area contributed by atoms with Gasteiger partial charge in [-0.25, -0.2) is 17.5 Å². The molecule has 1 aromatic rings. The van der Waals surface area contributed by atoms with Crippen LogP contribution >= 0.6 is 11.6 Å². The highest BCUT2D eigenvalue weighted by atomic mass is 35.5. The molecule has 8 heteroatoms. The predicted molar refractivity (Wildman–Crippen MR) is 66.8 cm³/mol. The summed E-state index contributed by atoms with van der Waals surface area (Å²) >= 11 is 5.55. The van der Waals surface area contributed by atoms with Crippen LogP contribution in [-0.2, 0) is 10.0 Å². The molecule has 1 fully saturated rings. The number of hydrogen-bond donors (Lipinski definition) is 3. The Bertz CT molecular complexity index is 570. The van der Waals surface area contributed by atoms with Gasteiger partial charge in [0.05, 0.1) is 12.2 Å². The molecule has 0 heterocycles. The van der Waals surface area contributed by atoms with Crippen LogP contribution in [0.2, 0.25) is 5.02 Å². The maximum atomic E-state index is 13.6. The standard InChI is InChI=1S/C11H13ClFNO4S/c12-6-1-2-11(8(13)3-6)19(17,18)14-7-4-9(15)10(16)5-7/h1-3,7,9-10,14-16H,4-5H2/t7?,9-,10+. The molecule has 0 saturated heterocycles. The molecule has 5 nitrogen and oxygen atoms in total. The lowest BCUT2D eigenvalue weighted by atomic mass is 10.3. The third kappa shape index (κ3) is 3.24. The molecule has 1 aromatic carbocycles. The Balaban J connectivity index is 2.19. The summed E-state index contributed by atoms with van der Waals surface area (Å²) in [6, 6.07) is 2.64. The maximum Gasteiger partial charge on any atom is 0.243 e. The van der Waals surface area contributed by atoms with E-state index in [0.717, 1.165) is 12.1 Å². The van der Waals surface area contributed by atoms with Gasteiger partial charge in [-0.15, -0.1) is 0 Å². The third-order valence-corrected chi connectivity index (χ3v) is 4.79. The normalized spacial score (nSPS) is 27.7. The third-order valence-electron chi connectivity index (χ3n) is 3.00. The topological polar surface area (TPSA) is 86.6 Å². The van der Waals surface area contributed by atoms with Gasteiger partial charge in [0.15, 0.2) is 0 Å². The van der Waals surface area contributed by atoms with Crippen molar-refractivity contribution in [2.75, 3.05) is 0 Å². The first-order valence-corrected chi connectivity index (χ1v) is 7.49. The molecule has 0 amide bonds. The molecule has 3 atom stereocenters. The van der Waals surface area contributed by atoms with Gasteiger partial charge in [-0.1, -0.05) is 11.6 Å². The first kappa shape index (κ1) is 14.7. The second-order valence-electron chi connectivity index (χ2n) is 4.50. The SMILES string of the molecule is O=S(=O)(NC1C[C@@H](O)[C@@H](O)C1)c1ccc(Cl)cc1F. The largest absolute Gasteiger partial charge is 0.390 e. The fourth-order valence-electron chi connectivity index (χ4n) is 2.07. The van der Waals surface area contributed by atoms with Crippen molar-refractivity contribution in [1.29, 1.82) is 0 Å². The van der Waals surface area contributed by atoms with E-state index in [1.54, 1.807) is 0 Å². The van der Waals surface area contributed by atoms with Crippen LogP contribution in [0, 0.1) is 5.82 Å². The molecule has 0 aliphatic heterocycles. The van der Waals surface area contributed by atoms with Crippen molar-refractivity contribution in [3.8, 4) is 0 Å². The second-order valence-corrected chi connectivity index (χ2v) is 6.62. The van der Waals surface area contributed by atoms with E-state index in [-0.39, 0.29) is 17.9 Å². The zero-order chi connectivity index (χ0) is 14.2. The van der Waals surface area contributed by atoms with Crippen molar-refractivity contribution >= 4 is 21.6 Å². The Labute approximate surface area is 115 Å². The Morgan fingerprint density at radius 3 is 2.37 bits per heavy atom. The summed E-state index contributed by atoms with van der Waals surface area (Å²) in [5.74, 6) is -0.945. The summed E-state index contributed by atoms with van der Waals surface area (Å²) in [6.07, 6.45) is -1.75. The molecular formula is C11H13ClFNO4S. The number of halogens is 2. The molecule has 1 saturated carbocycles. The van der Waals surface area contributed by atoms with E-state index in [2.05, 4.69) is 4.72 Å². The maximum absolute atomic E-state index is 13.6. The first-order chi connectivity index (χ1) is 8.79. The van der Waals surface area contributed by atoms with Gasteiger partial charge < -0.3 is 10.2 Å². The number of sulfonamides is 1. The monoisotopic (exact) mass is 309 g/mol. The Hall–Kier alpha value is -0.730. The van der Waals surface area contributed by atoms with E-state index in [1.165, 1.54) is 6.07 Å². The van der Waals surface area contributed by atoms with Gasteiger partial charge in [-0.3, -0.25) is 0 Å². The van der Waals surface area contributed by atoms with Gasteiger partial charge in [-0.2, -0.15) is 0 Å². The molecule has 0 aromatic heterocycles. The van der Waals surface area contributed by atoms with Crippen molar-refractivity contribution in [2.24, 2.45) is 0 Å². The Morgan fingerprint density at radius 1 is 1.26 bits per heavy atom. The number of rotatable bonds is 3. The summed E-state index contributed by atoms with van der Waals surface area (Å²) in [7, 11) is -4.04. The molecule has 19 heavy (non-hydrogen) atoms. The quantitative estimate of drug-likeness (QED) is 0.765. The van der Waals surface area contributed by atoms with Crippen LogP contribution in [0.5, 0.6) is 0 Å². The summed E-state index contributed by atoms with van der Waals surface area (Å²) in [5, 5.41) is 18.8. The van der Waals surface area contributed by atoms with E-state index in [4.69, 9.17) is 11.6 Å². The van der Waals surface area contributed by atoms with Crippen molar-refractivity contribution in [1.82, 2.24) is 4.72 Å². The van der Waals surface area contributed by atoms with Crippen LogP contribution in [0.1, 0.15) is 12.8 Å². The van der Waals surface area contributed by atoms with E-state index < -0.39 is 39.0 Å². The minimum Gasteiger partial charge on any atom is -0.390 e. The lowest BCUT2D eigenvalue weighted by molar-refractivity contribution is 0.0438. The molecule has 1 unspecified atom stereocenters. The van der Waals surface area contributed by atoms with Gasteiger partial charge in [0.1, 0.15) is 10.7 Å². The smallest absolute Gasteiger partial charge is 0.243 e. The van der Waals surface area contributed by atoms with Crippen molar-refractivity contribution in [3.63, 3.8) is 0 Å². The van der Waals surface area contributed by atoms with Crippen molar-refractivity contribution in [2.45, 2.75) is 36.0 Å². The van der Waals surface area contributed by atoms with Gasteiger partial charge in [-0.05, 0) is 31.0 Å². The Kier molecular flexibility index (Phi) is 4.12. The molecule has 3 N–H and O–H groups in total. The molecule has 1 aliphatic rings. The van der Waals surface area contributed by atoms with Gasteiger partial charge in [0.2, 0.25) is 10.0 Å². The zero-order valence-electron chi connectivity index (χ0n) is 9.75. The number of aliphatic hydroxyl groups is 2. The number of nitrogens with one attached hydrogen (secondary N) is 1. The van der Waals surface area contributed by atoms with E-state index in [9.17, 15) is 23.0 Å². The van der Waals surface area contributed by atoms with E-state index in [1.807, 2.05) is 0 Å². The summed E-state index contributed by atoms with van der Waals surface area (Å²) in [5.41, 5.74) is 0. The second kappa shape index (κ2) is 5.34. The van der Waals surface area contributed by atoms with Gasteiger partial charge >= 0.3 is 0 Å². The predicted octanol–water partition coefficient (Wildman–Crippen LogP) is 0.642. The summed E-state index contributed by atoms with van der Waals surface area (Å²) in [6.45, 7) is 0. The van der Waals surface area contributed by atoms with Crippen molar-refractivity contribution in [3.05, 3.63) is 29.0 Å². The van der Waals surface area contributed by atoms with E-state index >= 15 is 0 Å². The first-order valence-electron chi connectivity index (χ1n) is 5.63. The minimum absolute atomic E-state index is 0.0929. The van der Waals surface area contributed by atoms with E-state index in [0.29, 0.717) is 0 Å². The fraction of sp³-hybridized carbons (Fsp3) is 0.455. The van der Waals surface area contributed by atoms with Crippen LogP contribution < -0.4 is 4.72 Å². The lowest BCUT2D eigenvalue weighted by Gasteiger charge is -2.13. The zero-order valence-corrected chi connectivity index (χ0v) is 11.3. The molecule has 0 spiro atoms. The average molecular weight is 310 g/mol. The number of hydrogen-bond acceptors (Lipinski definition) is 4. The highest BCUT2D eigenvalue weighted by Crippen LogP contribution is 2.24. The van der Waals surface area contributed by atoms with Crippen molar-refractivity contribution < 1.29 is 23.0 Å². The van der Waals surface area contributed by atoms with Crippen LogP contribution in [0.4, 0.5) is 4.39 Å². The van der Waals surface area contributed by atoms with Crippen LogP contribution in [-0.4, -0.2) is 36.9 Å². The summed E-state index contributed by atoms with van der Waals surface area (Å²) < 4.78 is 39.8. The molecule has 2 rings (SSSR count). The minimum atomic E-state index is -4.04.